The lowest BCUT2D eigenvalue weighted by atomic mass is 10.1. The summed E-state index contributed by atoms with van der Waals surface area (Å²) in [5.74, 6) is -1.79. The largest absolute Gasteiger partial charge is 0.481 e. The van der Waals surface area contributed by atoms with Crippen LogP contribution in [0.15, 0.2) is 24.3 Å². The van der Waals surface area contributed by atoms with Crippen molar-refractivity contribution in [3.05, 3.63) is 24.3 Å². The number of Topliss-reactive ketones (excluding diaryl/α,β-unsaturated/α-hetero) is 1. The van der Waals surface area contributed by atoms with E-state index in [1.807, 2.05) is 0 Å². The van der Waals surface area contributed by atoms with Crippen molar-refractivity contribution in [3.63, 3.8) is 0 Å². The highest BCUT2D eigenvalue weighted by atomic mass is 79.9. The first-order chi connectivity index (χ1) is 16.3. The van der Waals surface area contributed by atoms with Crippen LogP contribution in [0.5, 0.6) is 0 Å². The minimum Gasteiger partial charge on any atom is -0.481 e. The summed E-state index contributed by atoms with van der Waals surface area (Å²) in [6.07, 6.45) is 28.0. The summed E-state index contributed by atoms with van der Waals surface area (Å²) in [5.41, 5.74) is 0. The third-order valence-electron chi connectivity index (χ3n) is 5.18. The van der Waals surface area contributed by atoms with Gasteiger partial charge in [-0.05, 0) is 38.5 Å². The van der Waals surface area contributed by atoms with E-state index < -0.39 is 16.8 Å². The van der Waals surface area contributed by atoms with Gasteiger partial charge in [0.25, 0.3) is 0 Å². The van der Waals surface area contributed by atoms with E-state index >= 15 is 0 Å². The molecule has 0 aliphatic carbocycles. The molecule has 0 aromatic heterocycles. The van der Waals surface area contributed by atoms with Crippen molar-refractivity contribution in [1.82, 2.24) is 0 Å². The molecule has 0 bridgehead atoms. The maximum atomic E-state index is 10.7. The van der Waals surface area contributed by atoms with Crippen LogP contribution in [0.25, 0.3) is 0 Å². The van der Waals surface area contributed by atoms with Gasteiger partial charge in [-0.15, -0.1) is 0 Å². The standard InChI is InChI=1S/C22H40O2.C5H6Br2O3/c1-2-3-4-5-6-7-8-9-10-11-12-13-14-15-16-17-18-19-20-21-22(23)24;6-2-4(8)3(7)1-5(9)10/h6-7,9-10H,2-5,8,11-21H2,1H3,(H,23,24);3H,1-2H2,(H,9,10)/b7-6+,10-9+;. The van der Waals surface area contributed by atoms with Gasteiger partial charge in [0, 0.05) is 6.42 Å². The molecule has 0 saturated carbocycles. The fraction of sp³-hybridized carbons (Fsp3) is 0.741. The summed E-state index contributed by atoms with van der Waals surface area (Å²) in [7, 11) is 0. The Hall–Kier alpha value is -0.950. The third-order valence-corrected chi connectivity index (χ3v) is 6.56. The van der Waals surface area contributed by atoms with Crippen molar-refractivity contribution in [2.24, 2.45) is 0 Å². The first kappa shape index (κ1) is 35.2. The van der Waals surface area contributed by atoms with Gasteiger partial charge in [-0.1, -0.05) is 121 Å². The predicted molar refractivity (Wildman–Crippen MR) is 149 cm³/mol. The monoisotopic (exact) mass is 608 g/mol. The molecule has 2 N–H and O–H groups in total. The second-order valence-corrected chi connectivity index (χ2v) is 10.1. The van der Waals surface area contributed by atoms with Gasteiger partial charge >= 0.3 is 11.9 Å². The van der Waals surface area contributed by atoms with E-state index in [2.05, 4.69) is 63.1 Å². The maximum Gasteiger partial charge on any atom is 0.304 e. The van der Waals surface area contributed by atoms with Crippen molar-refractivity contribution in [2.45, 2.75) is 121 Å². The molecular weight excluding hydrogens is 564 g/mol. The van der Waals surface area contributed by atoms with E-state index in [9.17, 15) is 14.4 Å². The van der Waals surface area contributed by atoms with Crippen molar-refractivity contribution < 1.29 is 24.6 Å². The van der Waals surface area contributed by atoms with Crippen molar-refractivity contribution >= 4 is 49.6 Å². The number of hydrogen-bond donors (Lipinski definition) is 2. The number of hydrogen-bond acceptors (Lipinski definition) is 3. The van der Waals surface area contributed by atoms with E-state index in [1.165, 1.54) is 77.0 Å². The highest BCUT2D eigenvalue weighted by molar-refractivity contribution is 9.10. The van der Waals surface area contributed by atoms with Crippen LogP contribution in [0, 0.1) is 0 Å². The Balaban J connectivity index is 0. The lowest BCUT2D eigenvalue weighted by molar-refractivity contribution is -0.138. The van der Waals surface area contributed by atoms with Gasteiger partial charge in [0.05, 0.1) is 16.6 Å². The van der Waals surface area contributed by atoms with Crippen LogP contribution in [0.4, 0.5) is 0 Å². The molecule has 0 spiro atoms. The van der Waals surface area contributed by atoms with Crippen molar-refractivity contribution in [3.8, 4) is 0 Å². The van der Waals surface area contributed by atoms with Gasteiger partial charge in [-0.2, -0.15) is 0 Å². The smallest absolute Gasteiger partial charge is 0.304 e. The minimum absolute atomic E-state index is 0.151. The Bertz CT molecular complexity index is 561. The van der Waals surface area contributed by atoms with Crippen molar-refractivity contribution in [2.75, 3.05) is 5.33 Å². The second kappa shape index (κ2) is 28.3. The summed E-state index contributed by atoms with van der Waals surface area (Å²) in [4.78, 5) is 30.5. The average Bonchev–Trinajstić information content (AvgIpc) is 2.79. The number of carbonyl (C=O) groups excluding carboxylic acids is 1. The van der Waals surface area contributed by atoms with Gasteiger partial charge in [0.15, 0.2) is 5.78 Å². The fourth-order valence-electron chi connectivity index (χ4n) is 3.15. The number of aliphatic carboxylic acids is 2. The molecule has 0 heterocycles. The summed E-state index contributed by atoms with van der Waals surface area (Å²) < 4.78 is 0. The second-order valence-electron chi connectivity index (χ2n) is 8.45. The number of unbranched alkanes of at least 4 members (excludes halogenated alkanes) is 12. The van der Waals surface area contributed by atoms with E-state index in [0.717, 1.165) is 19.3 Å². The number of alkyl halides is 2. The molecule has 0 amide bonds. The molecule has 198 valence electrons. The Kier molecular flexibility index (Phi) is 29.3. The quantitative estimate of drug-likeness (QED) is 0.0728. The Labute approximate surface area is 224 Å². The number of allylic oxidation sites excluding steroid dienone is 4. The van der Waals surface area contributed by atoms with Gasteiger partial charge in [0.1, 0.15) is 0 Å². The highest BCUT2D eigenvalue weighted by Gasteiger charge is 2.16. The summed E-state index contributed by atoms with van der Waals surface area (Å²) in [6, 6.07) is 0. The molecule has 7 heteroatoms. The van der Waals surface area contributed by atoms with Crippen LogP contribution in [0.1, 0.15) is 116 Å². The average molecular weight is 610 g/mol. The van der Waals surface area contributed by atoms with Crippen molar-refractivity contribution in [1.29, 1.82) is 0 Å². The number of ketones is 1. The topological polar surface area (TPSA) is 91.7 Å². The van der Waals surface area contributed by atoms with Crippen LogP contribution in [-0.4, -0.2) is 38.1 Å². The molecular formula is C27H46Br2O5. The van der Waals surface area contributed by atoms with Crippen LogP contribution < -0.4 is 0 Å². The van der Waals surface area contributed by atoms with Gasteiger partial charge in [-0.3, -0.25) is 14.4 Å². The van der Waals surface area contributed by atoms with Gasteiger partial charge < -0.3 is 10.2 Å². The molecule has 1 atom stereocenters. The number of rotatable bonds is 22. The fourth-order valence-corrected chi connectivity index (χ4v) is 4.41. The Morgan fingerprint density at radius 2 is 1.18 bits per heavy atom. The molecule has 0 aromatic rings. The normalized spacial score (nSPS) is 12.0. The molecule has 1 unspecified atom stereocenters. The molecule has 5 nitrogen and oxygen atoms in total. The molecule has 0 radical (unpaired) electrons. The van der Waals surface area contributed by atoms with Crippen LogP contribution in [-0.2, 0) is 14.4 Å². The zero-order valence-corrected chi connectivity index (χ0v) is 24.2. The summed E-state index contributed by atoms with van der Waals surface area (Å²) in [5, 5.41) is 17.0. The molecule has 0 rings (SSSR count). The zero-order valence-electron chi connectivity index (χ0n) is 21.0. The first-order valence-corrected chi connectivity index (χ1v) is 14.8. The lowest BCUT2D eigenvalue weighted by Gasteiger charge is -2.01. The maximum absolute atomic E-state index is 10.7. The van der Waals surface area contributed by atoms with E-state index in [4.69, 9.17) is 10.2 Å². The lowest BCUT2D eigenvalue weighted by Crippen LogP contribution is -2.18. The number of carboxylic acids is 2. The van der Waals surface area contributed by atoms with E-state index in [-0.39, 0.29) is 17.5 Å². The SMILES string of the molecule is CCCCC/C=C/C/C=C/CCCCCCCCCCCC(=O)O.O=C(O)CC(Br)C(=O)CBr. The minimum atomic E-state index is -0.976. The molecule has 34 heavy (non-hydrogen) atoms. The summed E-state index contributed by atoms with van der Waals surface area (Å²) >= 11 is 5.88. The number of carbonyl (C=O) groups is 3. The zero-order chi connectivity index (χ0) is 25.9. The van der Waals surface area contributed by atoms with Gasteiger partial charge in [-0.25, -0.2) is 0 Å². The van der Waals surface area contributed by atoms with E-state index in [1.54, 1.807) is 0 Å². The molecule has 0 aliphatic heterocycles. The molecule has 0 aliphatic rings. The molecule has 0 aromatic carbocycles. The number of halogens is 2. The third kappa shape index (κ3) is 31.0. The molecule has 0 saturated heterocycles. The summed E-state index contributed by atoms with van der Waals surface area (Å²) in [6.45, 7) is 2.25. The van der Waals surface area contributed by atoms with Gasteiger partial charge in [0.2, 0.25) is 0 Å². The van der Waals surface area contributed by atoms with Crippen LogP contribution in [0.3, 0.4) is 0 Å². The molecule has 0 fully saturated rings. The Morgan fingerprint density at radius 3 is 1.62 bits per heavy atom. The van der Waals surface area contributed by atoms with Crippen LogP contribution in [0.2, 0.25) is 0 Å². The number of carboxylic acid groups (broad SMARTS) is 2. The van der Waals surface area contributed by atoms with Crippen LogP contribution >= 0.6 is 31.9 Å². The predicted octanol–water partition coefficient (Wildman–Crippen LogP) is 8.63. The Morgan fingerprint density at radius 1 is 0.706 bits per heavy atom. The highest BCUT2D eigenvalue weighted by Crippen LogP contribution is 2.12. The van der Waals surface area contributed by atoms with E-state index in [0.29, 0.717) is 6.42 Å². The first-order valence-electron chi connectivity index (χ1n) is 12.8.